The molecule has 1 aromatic rings. The van der Waals surface area contributed by atoms with Gasteiger partial charge in [-0.2, -0.15) is 0 Å². The van der Waals surface area contributed by atoms with E-state index in [0.717, 1.165) is 19.6 Å². The van der Waals surface area contributed by atoms with Gasteiger partial charge in [0.2, 0.25) is 0 Å². The van der Waals surface area contributed by atoms with Crippen LogP contribution in [0.15, 0.2) is 24.3 Å². The van der Waals surface area contributed by atoms with Gasteiger partial charge in [-0.05, 0) is 18.4 Å². The Morgan fingerprint density at radius 1 is 1.25 bits per heavy atom. The van der Waals surface area contributed by atoms with Crippen molar-refractivity contribution < 1.29 is 0 Å². The molecule has 2 rings (SSSR count). The molecule has 0 bridgehead atoms. The van der Waals surface area contributed by atoms with Gasteiger partial charge in [-0.25, -0.2) is 0 Å². The molecule has 2 heteroatoms. The minimum Gasteiger partial charge on any atom is -0.323 e. The standard InChI is InChI=1S/C14H22N2/c1-11(2)14(15)9-16(10-14)8-13-6-4-12(3)5-7-13/h4-7,11H,8-10,15H2,1-3H3. The van der Waals surface area contributed by atoms with E-state index in [2.05, 4.69) is 49.9 Å². The first kappa shape index (κ1) is 11.6. The maximum Gasteiger partial charge on any atom is 0.0435 e. The number of benzene rings is 1. The number of rotatable bonds is 3. The van der Waals surface area contributed by atoms with Crippen molar-refractivity contribution in [3.63, 3.8) is 0 Å². The monoisotopic (exact) mass is 218 g/mol. The molecule has 0 aliphatic carbocycles. The molecule has 1 aliphatic rings. The van der Waals surface area contributed by atoms with Gasteiger partial charge in [0, 0.05) is 25.2 Å². The number of nitrogens with two attached hydrogens (primary N) is 1. The lowest BCUT2D eigenvalue weighted by Gasteiger charge is -2.50. The molecule has 0 saturated carbocycles. The smallest absolute Gasteiger partial charge is 0.0435 e. The maximum atomic E-state index is 6.27. The normalized spacial score (nSPS) is 19.8. The largest absolute Gasteiger partial charge is 0.323 e. The summed E-state index contributed by atoms with van der Waals surface area (Å²) >= 11 is 0. The van der Waals surface area contributed by atoms with Crippen LogP contribution in [0, 0.1) is 12.8 Å². The Labute approximate surface area is 98.4 Å². The first-order valence-electron chi connectivity index (χ1n) is 6.06. The lowest BCUT2D eigenvalue weighted by atomic mass is 9.80. The molecule has 0 radical (unpaired) electrons. The van der Waals surface area contributed by atoms with Gasteiger partial charge in [0.25, 0.3) is 0 Å². The highest BCUT2D eigenvalue weighted by Crippen LogP contribution is 2.27. The zero-order valence-corrected chi connectivity index (χ0v) is 10.5. The molecule has 88 valence electrons. The summed E-state index contributed by atoms with van der Waals surface area (Å²) in [5, 5.41) is 0. The van der Waals surface area contributed by atoms with Crippen molar-refractivity contribution in [2.45, 2.75) is 32.9 Å². The molecule has 2 N–H and O–H groups in total. The molecule has 16 heavy (non-hydrogen) atoms. The van der Waals surface area contributed by atoms with Crippen LogP contribution in [-0.2, 0) is 6.54 Å². The van der Waals surface area contributed by atoms with Gasteiger partial charge in [-0.1, -0.05) is 43.7 Å². The fourth-order valence-corrected chi connectivity index (χ4v) is 2.21. The average molecular weight is 218 g/mol. The number of nitrogens with zero attached hydrogens (tertiary/aromatic N) is 1. The first-order valence-corrected chi connectivity index (χ1v) is 6.06. The van der Waals surface area contributed by atoms with E-state index >= 15 is 0 Å². The Morgan fingerprint density at radius 3 is 2.31 bits per heavy atom. The molecule has 1 saturated heterocycles. The zero-order chi connectivity index (χ0) is 11.8. The van der Waals surface area contributed by atoms with Crippen molar-refractivity contribution in [3.05, 3.63) is 35.4 Å². The summed E-state index contributed by atoms with van der Waals surface area (Å²) in [4.78, 5) is 2.42. The lowest BCUT2D eigenvalue weighted by Crippen LogP contribution is -2.69. The van der Waals surface area contributed by atoms with E-state index in [0.29, 0.717) is 5.92 Å². The summed E-state index contributed by atoms with van der Waals surface area (Å²) < 4.78 is 0. The third-order valence-corrected chi connectivity index (χ3v) is 3.71. The third kappa shape index (κ3) is 2.28. The van der Waals surface area contributed by atoms with Crippen LogP contribution in [0.25, 0.3) is 0 Å². The van der Waals surface area contributed by atoms with E-state index < -0.39 is 0 Å². The number of aryl methyl sites for hydroxylation is 1. The predicted octanol–water partition coefficient (Wildman–Crippen LogP) is 2.16. The van der Waals surface area contributed by atoms with Crippen LogP contribution < -0.4 is 5.73 Å². The van der Waals surface area contributed by atoms with E-state index in [-0.39, 0.29) is 5.54 Å². The van der Waals surface area contributed by atoms with E-state index in [9.17, 15) is 0 Å². The minimum absolute atomic E-state index is 0.0463. The number of likely N-dealkylation sites (tertiary alicyclic amines) is 1. The van der Waals surface area contributed by atoms with E-state index in [1.807, 2.05) is 0 Å². The summed E-state index contributed by atoms with van der Waals surface area (Å²) in [6.45, 7) is 9.63. The van der Waals surface area contributed by atoms with Gasteiger partial charge >= 0.3 is 0 Å². The molecular formula is C14H22N2. The molecule has 0 atom stereocenters. The summed E-state index contributed by atoms with van der Waals surface area (Å²) in [5.74, 6) is 0.571. The Kier molecular flexibility index (Phi) is 3.04. The van der Waals surface area contributed by atoms with Crippen LogP contribution in [0.1, 0.15) is 25.0 Å². The van der Waals surface area contributed by atoms with Crippen molar-refractivity contribution in [1.82, 2.24) is 4.90 Å². The third-order valence-electron chi connectivity index (χ3n) is 3.71. The van der Waals surface area contributed by atoms with Crippen LogP contribution in [0.2, 0.25) is 0 Å². The quantitative estimate of drug-likeness (QED) is 0.842. The second-order valence-corrected chi connectivity index (χ2v) is 5.52. The molecule has 0 aromatic heterocycles. The van der Waals surface area contributed by atoms with E-state index in [4.69, 9.17) is 5.73 Å². The van der Waals surface area contributed by atoms with Gasteiger partial charge in [0.05, 0.1) is 0 Å². The molecule has 0 spiro atoms. The number of hydrogen-bond acceptors (Lipinski definition) is 2. The van der Waals surface area contributed by atoms with Gasteiger partial charge < -0.3 is 5.73 Å². The molecule has 1 aromatic carbocycles. The fraction of sp³-hybridized carbons (Fsp3) is 0.571. The average Bonchev–Trinajstić information content (AvgIpc) is 2.18. The predicted molar refractivity (Wildman–Crippen MR) is 68.2 cm³/mol. The second-order valence-electron chi connectivity index (χ2n) is 5.52. The van der Waals surface area contributed by atoms with Crippen molar-refractivity contribution in [1.29, 1.82) is 0 Å². The van der Waals surface area contributed by atoms with Crippen molar-refractivity contribution in [3.8, 4) is 0 Å². The van der Waals surface area contributed by atoms with Crippen LogP contribution in [0.3, 0.4) is 0 Å². The van der Waals surface area contributed by atoms with Crippen LogP contribution in [0.4, 0.5) is 0 Å². The Hall–Kier alpha value is -0.860. The van der Waals surface area contributed by atoms with Crippen molar-refractivity contribution >= 4 is 0 Å². The highest BCUT2D eigenvalue weighted by atomic mass is 15.2. The van der Waals surface area contributed by atoms with Crippen molar-refractivity contribution in [2.24, 2.45) is 11.7 Å². The van der Waals surface area contributed by atoms with Crippen LogP contribution in [0.5, 0.6) is 0 Å². The van der Waals surface area contributed by atoms with Gasteiger partial charge in [0.1, 0.15) is 0 Å². The summed E-state index contributed by atoms with van der Waals surface area (Å²) in [7, 11) is 0. The van der Waals surface area contributed by atoms with Gasteiger partial charge in [-0.15, -0.1) is 0 Å². The minimum atomic E-state index is 0.0463. The fourth-order valence-electron chi connectivity index (χ4n) is 2.21. The summed E-state index contributed by atoms with van der Waals surface area (Å²) in [5.41, 5.74) is 9.03. The Bertz CT molecular complexity index is 348. The number of hydrogen-bond donors (Lipinski definition) is 1. The molecule has 0 amide bonds. The first-order chi connectivity index (χ1) is 7.49. The SMILES string of the molecule is Cc1ccc(CN2CC(N)(C(C)C)C2)cc1. The van der Waals surface area contributed by atoms with E-state index in [1.54, 1.807) is 0 Å². The Morgan fingerprint density at radius 2 is 1.81 bits per heavy atom. The van der Waals surface area contributed by atoms with E-state index in [1.165, 1.54) is 11.1 Å². The molecule has 1 fully saturated rings. The summed E-state index contributed by atoms with van der Waals surface area (Å²) in [6.07, 6.45) is 0. The molecule has 0 unspecified atom stereocenters. The van der Waals surface area contributed by atoms with Crippen molar-refractivity contribution in [2.75, 3.05) is 13.1 Å². The Balaban J connectivity index is 1.88. The molecule has 1 heterocycles. The highest BCUT2D eigenvalue weighted by Gasteiger charge is 2.41. The zero-order valence-electron chi connectivity index (χ0n) is 10.5. The molecule has 1 aliphatic heterocycles. The van der Waals surface area contributed by atoms with Crippen LogP contribution >= 0.6 is 0 Å². The molecular weight excluding hydrogens is 196 g/mol. The van der Waals surface area contributed by atoms with Gasteiger partial charge in [0.15, 0.2) is 0 Å². The topological polar surface area (TPSA) is 29.3 Å². The molecule has 2 nitrogen and oxygen atoms in total. The second kappa shape index (κ2) is 4.19. The lowest BCUT2D eigenvalue weighted by molar-refractivity contribution is 0.0313. The highest BCUT2D eigenvalue weighted by molar-refractivity contribution is 5.22. The summed E-state index contributed by atoms with van der Waals surface area (Å²) in [6, 6.07) is 8.77. The maximum absolute atomic E-state index is 6.27. The van der Waals surface area contributed by atoms with Crippen LogP contribution in [-0.4, -0.2) is 23.5 Å². The van der Waals surface area contributed by atoms with Gasteiger partial charge in [-0.3, -0.25) is 4.90 Å².